The number of sulfonamides is 1. The number of aryl methyl sites for hydroxylation is 1. The fourth-order valence-corrected chi connectivity index (χ4v) is 5.66. The molecule has 0 saturated heterocycles. The van der Waals surface area contributed by atoms with Gasteiger partial charge in [0.1, 0.15) is 6.04 Å². The molecule has 3 aromatic carbocycles. The fourth-order valence-electron chi connectivity index (χ4n) is 4.52. The Labute approximate surface area is 249 Å². The van der Waals surface area contributed by atoms with Gasteiger partial charge in [-0.25, -0.2) is 8.42 Å². The summed E-state index contributed by atoms with van der Waals surface area (Å²) in [5, 5.41) is 3.49. The number of carbonyl (C=O) groups is 2. The minimum atomic E-state index is -3.61. The molecule has 0 fully saturated rings. The molecule has 1 N–H and O–H groups in total. The van der Waals surface area contributed by atoms with E-state index in [0.717, 1.165) is 29.4 Å². The number of rotatable bonds is 14. The van der Waals surface area contributed by atoms with Crippen LogP contribution in [0.3, 0.4) is 0 Å². The van der Waals surface area contributed by atoms with Crippen molar-refractivity contribution in [2.24, 2.45) is 0 Å². The zero-order valence-electron chi connectivity index (χ0n) is 24.2. The molecule has 0 radical (unpaired) electrons. The second-order valence-electron chi connectivity index (χ2n) is 10.4. The van der Waals surface area contributed by atoms with E-state index in [1.54, 1.807) is 29.2 Å². The van der Waals surface area contributed by atoms with Crippen molar-refractivity contribution < 1.29 is 18.0 Å². The number of hydrogen-bond acceptors (Lipinski definition) is 4. The van der Waals surface area contributed by atoms with Crippen molar-refractivity contribution in [1.82, 2.24) is 10.2 Å². The van der Waals surface area contributed by atoms with Gasteiger partial charge < -0.3 is 10.2 Å². The topological polar surface area (TPSA) is 86.8 Å². The van der Waals surface area contributed by atoms with Gasteiger partial charge in [0.05, 0.1) is 11.9 Å². The number of amides is 2. The van der Waals surface area contributed by atoms with E-state index in [-0.39, 0.29) is 43.8 Å². The minimum absolute atomic E-state index is 0.0434. The summed E-state index contributed by atoms with van der Waals surface area (Å²) >= 11 is 6.11. The highest BCUT2D eigenvalue weighted by Crippen LogP contribution is 2.23. The summed E-state index contributed by atoms with van der Waals surface area (Å²) < 4.78 is 26.4. The highest BCUT2D eigenvalue weighted by Gasteiger charge is 2.31. The molecule has 0 saturated carbocycles. The third kappa shape index (κ3) is 9.90. The van der Waals surface area contributed by atoms with Gasteiger partial charge in [0.25, 0.3) is 0 Å². The first-order valence-corrected chi connectivity index (χ1v) is 16.1. The van der Waals surface area contributed by atoms with Crippen molar-refractivity contribution in [3.05, 3.63) is 101 Å². The summed E-state index contributed by atoms with van der Waals surface area (Å²) in [7, 11) is -3.61. The van der Waals surface area contributed by atoms with Crippen molar-refractivity contribution in [2.45, 2.75) is 65.1 Å². The van der Waals surface area contributed by atoms with E-state index in [4.69, 9.17) is 11.6 Å². The predicted molar refractivity (Wildman–Crippen MR) is 166 cm³/mol. The van der Waals surface area contributed by atoms with Crippen LogP contribution < -0.4 is 9.62 Å². The molecule has 0 heterocycles. The van der Waals surface area contributed by atoms with Crippen molar-refractivity contribution in [1.29, 1.82) is 0 Å². The first kappa shape index (κ1) is 32.2. The standard InChI is InChI=1S/C32H40ClN3O4S/c1-5-25(3)34-32(38)30(21-26-11-7-6-8-12-26)35(23-27-18-16-24(2)17-19-27)31(37)15-10-20-36(41(4,39)40)29-14-9-13-28(33)22-29/h6-9,11-14,16-19,22,25,30H,5,10,15,20-21,23H2,1-4H3,(H,34,38)/t25-,30+/m0/s1. The summed E-state index contributed by atoms with van der Waals surface area (Å²) in [4.78, 5) is 29.2. The molecule has 0 spiro atoms. The largest absolute Gasteiger partial charge is 0.352 e. The van der Waals surface area contributed by atoms with Crippen LogP contribution in [0.1, 0.15) is 49.8 Å². The molecule has 3 aromatic rings. The monoisotopic (exact) mass is 597 g/mol. The molecule has 0 aliphatic heterocycles. The molecular formula is C32H40ClN3O4S. The molecule has 7 nitrogen and oxygen atoms in total. The van der Waals surface area contributed by atoms with Crippen molar-refractivity contribution >= 4 is 39.1 Å². The van der Waals surface area contributed by atoms with Gasteiger partial charge in [-0.05, 0) is 56.0 Å². The molecule has 0 bridgehead atoms. The number of nitrogens with zero attached hydrogens (tertiary/aromatic N) is 2. The van der Waals surface area contributed by atoms with E-state index >= 15 is 0 Å². The Morgan fingerprint density at radius 3 is 2.24 bits per heavy atom. The summed E-state index contributed by atoms with van der Waals surface area (Å²) in [5.74, 6) is -0.425. The highest BCUT2D eigenvalue weighted by atomic mass is 35.5. The number of hydrogen-bond donors (Lipinski definition) is 1. The molecule has 0 aliphatic carbocycles. The predicted octanol–water partition coefficient (Wildman–Crippen LogP) is 5.75. The van der Waals surface area contributed by atoms with E-state index in [0.29, 0.717) is 17.1 Å². The number of anilines is 1. The van der Waals surface area contributed by atoms with Crippen LogP contribution in [-0.4, -0.2) is 50.0 Å². The van der Waals surface area contributed by atoms with Gasteiger partial charge in [0, 0.05) is 37.0 Å². The fraction of sp³-hybridized carbons (Fsp3) is 0.375. The quantitative estimate of drug-likeness (QED) is 0.256. The van der Waals surface area contributed by atoms with Gasteiger partial charge in [-0.3, -0.25) is 13.9 Å². The molecule has 0 aromatic heterocycles. The highest BCUT2D eigenvalue weighted by molar-refractivity contribution is 7.92. The Hall–Kier alpha value is -3.36. The summed E-state index contributed by atoms with van der Waals surface area (Å²) in [6.07, 6.45) is 2.60. The normalized spacial score (nSPS) is 12.8. The van der Waals surface area contributed by atoms with Crippen LogP contribution in [0.5, 0.6) is 0 Å². The van der Waals surface area contributed by atoms with E-state index < -0.39 is 16.1 Å². The SMILES string of the molecule is CC[C@H](C)NC(=O)[C@@H](Cc1ccccc1)N(Cc1ccc(C)cc1)C(=O)CCCN(c1cccc(Cl)c1)S(C)(=O)=O. The molecule has 41 heavy (non-hydrogen) atoms. The maximum Gasteiger partial charge on any atom is 0.243 e. The van der Waals surface area contributed by atoms with Crippen LogP contribution in [0.25, 0.3) is 0 Å². The van der Waals surface area contributed by atoms with Gasteiger partial charge in [-0.15, -0.1) is 0 Å². The molecule has 3 rings (SSSR count). The third-order valence-corrected chi connectivity index (χ3v) is 8.42. The van der Waals surface area contributed by atoms with Crippen molar-refractivity contribution in [2.75, 3.05) is 17.1 Å². The Balaban J connectivity index is 1.89. The average molecular weight is 598 g/mol. The lowest BCUT2D eigenvalue weighted by atomic mass is 10.0. The lowest BCUT2D eigenvalue weighted by Crippen LogP contribution is -2.52. The van der Waals surface area contributed by atoms with Gasteiger partial charge >= 0.3 is 0 Å². The van der Waals surface area contributed by atoms with Crippen LogP contribution >= 0.6 is 11.6 Å². The second-order valence-corrected chi connectivity index (χ2v) is 12.8. The van der Waals surface area contributed by atoms with E-state index in [1.807, 2.05) is 75.4 Å². The molecule has 0 aliphatic rings. The number of carbonyl (C=O) groups excluding carboxylic acids is 2. The summed E-state index contributed by atoms with van der Waals surface area (Å²) in [6, 6.07) is 23.4. The third-order valence-electron chi connectivity index (χ3n) is 6.99. The average Bonchev–Trinajstić information content (AvgIpc) is 2.93. The lowest BCUT2D eigenvalue weighted by molar-refractivity contribution is -0.141. The van der Waals surface area contributed by atoms with E-state index in [9.17, 15) is 18.0 Å². The zero-order chi connectivity index (χ0) is 30.0. The number of nitrogens with one attached hydrogen (secondary N) is 1. The van der Waals surface area contributed by atoms with Crippen LogP contribution in [0.15, 0.2) is 78.9 Å². The van der Waals surface area contributed by atoms with Gasteiger partial charge in [-0.1, -0.05) is 84.8 Å². The lowest BCUT2D eigenvalue weighted by Gasteiger charge is -2.32. The first-order valence-electron chi connectivity index (χ1n) is 13.9. The van der Waals surface area contributed by atoms with Crippen molar-refractivity contribution in [3.8, 4) is 0 Å². The molecule has 2 atom stereocenters. The van der Waals surface area contributed by atoms with Crippen LogP contribution in [0.4, 0.5) is 5.69 Å². The van der Waals surface area contributed by atoms with E-state index in [2.05, 4.69) is 5.32 Å². The Morgan fingerprint density at radius 1 is 0.951 bits per heavy atom. The smallest absolute Gasteiger partial charge is 0.243 e. The molecule has 220 valence electrons. The van der Waals surface area contributed by atoms with Gasteiger partial charge in [-0.2, -0.15) is 0 Å². The Kier molecular flexibility index (Phi) is 11.8. The number of benzene rings is 3. The second kappa shape index (κ2) is 15.0. The summed E-state index contributed by atoms with van der Waals surface area (Å²) in [5.41, 5.74) is 3.40. The van der Waals surface area contributed by atoms with Gasteiger partial charge in [0.2, 0.25) is 21.8 Å². The summed E-state index contributed by atoms with van der Waals surface area (Å²) in [6.45, 7) is 6.30. The van der Waals surface area contributed by atoms with Crippen LogP contribution in [-0.2, 0) is 32.6 Å². The maximum atomic E-state index is 13.9. The molecular weight excluding hydrogens is 558 g/mol. The minimum Gasteiger partial charge on any atom is -0.352 e. The van der Waals surface area contributed by atoms with Crippen LogP contribution in [0.2, 0.25) is 5.02 Å². The number of halogens is 1. The maximum absolute atomic E-state index is 13.9. The van der Waals surface area contributed by atoms with E-state index in [1.165, 1.54) is 4.31 Å². The van der Waals surface area contributed by atoms with Crippen LogP contribution in [0, 0.1) is 6.92 Å². The van der Waals surface area contributed by atoms with Crippen molar-refractivity contribution in [3.63, 3.8) is 0 Å². The Morgan fingerprint density at radius 2 is 1.63 bits per heavy atom. The Bertz CT molecular complexity index is 1400. The molecule has 9 heteroatoms. The van der Waals surface area contributed by atoms with Gasteiger partial charge in [0.15, 0.2) is 0 Å². The first-order chi connectivity index (χ1) is 19.5. The molecule has 2 amide bonds. The zero-order valence-corrected chi connectivity index (χ0v) is 25.8. The molecule has 0 unspecified atom stereocenters.